The number of nitrogens with zero attached hydrogens (tertiary/aromatic N) is 3. The Morgan fingerprint density at radius 3 is 2.68 bits per heavy atom. The first-order valence-corrected chi connectivity index (χ1v) is 9.33. The third-order valence-electron chi connectivity index (χ3n) is 4.72. The monoisotopic (exact) mass is 449 g/mol. The Morgan fingerprint density at radius 1 is 1.14 bits per heavy atom. The lowest BCUT2D eigenvalue weighted by Crippen LogP contribution is -2.42. The number of benzene rings is 2. The highest BCUT2D eigenvalue weighted by atomic mass is 79.9. The molecule has 1 amide bonds. The molecule has 2 heterocycles. The van der Waals surface area contributed by atoms with Crippen LogP contribution in [0.2, 0.25) is 0 Å². The SMILES string of the molecule is O=C1C(c2cccc(Br)c2)n2cncc2CN1Cc1cccc(C(F)(F)F)c1. The molecule has 4 nitrogen and oxygen atoms in total. The van der Waals surface area contributed by atoms with Crippen LogP contribution in [0.4, 0.5) is 13.2 Å². The van der Waals surface area contributed by atoms with Gasteiger partial charge in [0.2, 0.25) is 0 Å². The van der Waals surface area contributed by atoms with Crippen LogP contribution in [-0.4, -0.2) is 20.4 Å². The maximum Gasteiger partial charge on any atom is 0.416 e. The Hall–Kier alpha value is -2.61. The number of fused-ring (bicyclic) bond motifs is 1. The molecular weight excluding hydrogens is 435 g/mol. The van der Waals surface area contributed by atoms with Gasteiger partial charge in [0.15, 0.2) is 0 Å². The lowest BCUT2D eigenvalue weighted by molar-refractivity contribution is -0.137. The molecule has 3 aromatic rings. The van der Waals surface area contributed by atoms with Crippen molar-refractivity contribution in [2.75, 3.05) is 0 Å². The fourth-order valence-corrected chi connectivity index (χ4v) is 3.85. The summed E-state index contributed by atoms with van der Waals surface area (Å²) in [6.45, 7) is 0.387. The van der Waals surface area contributed by atoms with Crippen LogP contribution in [0.15, 0.2) is 65.5 Å². The summed E-state index contributed by atoms with van der Waals surface area (Å²) in [5, 5.41) is 0. The van der Waals surface area contributed by atoms with Gasteiger partial charge in [-0.25, -0.2) is 4.98 Å². The number of alkyl halides is 3. The van der Waals surface area contributed by atoms with Crippen LogP contribution in [0.25, 0.3) is 0 Å². The fraction of sp³-hybridized carbons (Fsp3) is 0.200. The van der Waals surface area contributed by atoms with Crippen molar-refractivity contribution in [3.8, 4) is 0 Å². The molecule has 28 heavy (non-hydrogen) atoms. The predicted octanol–water partition coefficient (Wildman–Crippen LogP) is 4.80. The molecule has 0 fully saturated rings. The number of carbonyl (C=O) groups is 1. The Bertz CT molecular complexity index is 1030. The molecule has 1 atom stereocenters. The van der Waals surface area contributed by atoms with E-state index in [4.69, 9.17) is 0 Å². The molecule has 0 saturated heterocycles. The number of aromatic nitrogens is 2. The highest BCUT2D eigenvalue weighted by Gasteiger charge is 2.35. The minimum atomic E-state index is -4.42. The minimum absolute atomic E-state index is 0.0957. The maximum atomic E-state index is 13.2. The van der Waals surface area contributed by atoms with Crippen LogP contribution in [0.1, 0.15) is 28.4 Å². The first-order chi connectivity index (χ1) is 13.3. The lowest BCUT2D eigenvalue weighted by atomic mass is 10.0. The second kappa shape index (κ2) is 7.09. The Morgan fingerprint density at radius 2 is 1.93 bits per heavy atom. The van der Waals surface area contributed by atoms with Gasteiger partial charge in [-0.05, 0) is 35.4 Å². The molecule has 1 aliphatic rings. The van der Waals surface area contributed by atoms with Gasteiger partial charge < -0.3 is 9.47 Å². The van der Waals surface area contributed by atoms with Crippen molar-refractivity contribution in [3.05, 3.63) is 87.9 Å². The summed E-state index contributed by atoms with van der Waals surface area (Å²) in [5.74, 6) is -0.180. The van der Waals surface area contributed by atoms with Gasteiger partial charge in [-0.1, -0.05) is 40.2 Å². The van der Waals surface area contributed by atoms with Crippen molar-refractivity contribution in [2.24, 2.45) is 0 Å². The van der Waals surface area contributed by atoms with Crippen molar-refractivity contribution in [1.29, 1.82) is 0 Å². The fourth-order valence-electron chi connectivity index (χ4n) is 3.43. The molecule has 4 rings (SSSR count). The van der Waals surface area contributed by atoms with Crippen LogP contribution in [0.3, 0.4) is 0 Å². The molecule has 0 saturated carbocycles. The first-order valence-electron chi connectivity index (χ1n) is 8.54. The molecule has 144 valence electrons. The third kappa shape index (κ3) is 3.56. The molecule has 0 N–H and O–H groups in total. The number of hydrogen-bond donors (Lipinski definition) is 0. The molecule has 1 unspecified atom stereocenters. The number of carbonyl (C=O) groups excluding carboxylic acids is 1. The second-order valence-electron chi connectivity index (χ2n) is 6.64. The van der Waals surface area contributed by atoms with E-state index in [1.165, 1.54) is 6.07 Å². The average molecular weight is 450 g/mol. The third-order valence-corrected chi connectivity index (χ3v) is 5.21. The normalized spacial score (nSPS) is 16.9. The lowest BCUT2D eigenvalue weighted by Gasteiger charge is -2.34. The van der Waals surface area contributed by atoms with Gasteiger partial charge in [0.1, 0.15) is 6.04 Å². The van der Waals surface area contributed by atoms with Crippen molar-refractivity contribution in [3.63, 3.8) is 0 Å². The zero-order valence-corrected chi connectivity index (χ0v) is 16.1. The van der Waals surface area contributed by atoms with Gasteiger partial charge in [0.25, 0.3) is 5.91 Å². The molecule has 0 aliphatic carbocycles. The summed E-state index contributed by atoms with van der Waals surface area (Å²) >= 11 is 3.42. The Balaban J connectivity index is 1.68. The topological polar surface area (TPSA) is 38.1 Å². The van der Waals surface area contributed by atoms with Gasteiger partial charge >= 0.3 is 6.18 Å². The molecule has 0 spiro atoms. The smallest absolute Gasteiger partial charge is 0.330 e. The summed E-state index contributed by atoms with van der Waals surface area (Å²) in [6, 6.07) is 11.9. The van der Waals surface area contributed by atoms with E-state index in [1.54, 1.807) is 23.5 Å². The number of amides is 1. The van der Waals surface area contributed by atoms with E-state index in [-0.39, 0.29) is 12.5 Å². The standard InChI is InChI=1S/C20H15BrF3N3O/c21-16-6-2-4-14(8-16)18-19(28)26(11-17-9-25-12-27(17)18)10-13-3-1-5-15(7-13)20(22,23)24/h1-9,12,18H,10-11H2. The summed E-state index contributed by atoms with van der Waals surface area (Å²) in [4.78, 5) is 18.9. The second-order valence-corrected chi connectivity index (χ2v) is 7.56. The molecule has 0 bridgehead atoms. The molecule has 8 heteroatoms. The molecular formula is C20H15BrF3N3O. The maximum absolute atomic E-state index is 13.2. The first kappa shape index (κ1) is 18.7. The van der Waals surface area contributed by atoms with Gasteiger partial charge in [-0.3, -0.25) is 4.79 Å². The average Bonchev–Trinajstić information content (AvgIpc) is 3.09. The number of rotatable bonds is 3. The number of imidazole rings is 1. The van der Waals surface area contributed by atoms with Crippen LogP contribution in [0, 0.1) is 0 Å². The zero-order valence-electron chi connectivity index (χ0n) is 14.5. The van der Waals surface area contributed by atoms with E-state index in [0.29, 0.717) is 12.1 Å². The predicted molar refractivity (Wildman–Crippen MR) is 100 cm³/mol. The van der Waals surface area contributed by atoms with Crippen LogP contribution >= 0.6 is 15.9 Å². The minimum Gasteiger partial charge on any atom is -0.330 e. The van der Waals surface area contributed by atoms with Crippen LogP contribution in [0.5, 0.6) is 0 Å². The summed E-state index contributed by atoms with van der Waals surface area (Å²) in [7, 11) is 0. The highest BCUT2D eigenvalue weighted by molar-refractivity contribution is 9.10. The van der Waals surface area contributed by atoms with E-state index in [1.807, 2.05) is 28.8 Å². The van der Waals surface area contributed by atoms with Crippen molar-refractivity contribution in [2.45, 2.75) is 25.3 Å². The number of halogens is 4. The van der Waals surface area contributed by atoms with E-state index in [0.717, 1.165) is 27.9 Å². The van der Waals surface area contributed by atoms with Gasteiger partial charge in [0, 0.05) is 17.2 Å². The van der Waals surface area contributed by atoms with Crippen molar-refractivity contribution >= 4 is 21.8 Å². The van der Waals surface area contributed by atoms with Gasteiger partial charge in [-0.15, -0.1) is 0 Å². The van der Waals surface area contributed by atoms with Crippen LogP contribution < -0.4 is 0 Å². The molecule has 2 aromatic carbocycles. The van der Waals surface area contributed by atoms with E-state index >= 15 is 0 Å². The highest BCUT2D eigenvalue weighted by Crippen LogP contribution is 2.32. The van der Waals surface area contributed by atoms with E-state index in [2.05, 4.69) is 20.9 Å². The summed E-state index contributed by atoms with van der Waals surface area (Å²) < 4.78 is 41.7. The van der Waals surface area contributed by atoms with Gasteiger partial charge in [0.05, 0.1) is 24.1 Å². The summed E-state index contributed by atoms with van der Waals surface area (Å²) in [6.07, 6.45) is -1.13. The summed E-state index contributed by atoms with van der Waals surface area (Å²) in [5.41, 5.74) is 1.33. The van der Waals surface area contributed by atoms with E-state index < -0.39 is 17.8 Å². The van der Waals surface area contributed by atoms with Gasteiger partial charge in [-0.2, -0.15) is 13.2 Å². The van der Waals surface area contributed by atoms with E-state index in [9.17, 15) is 18.0 Å². The molecule has 1 aromatic heterocycles. The zero-order chi connectivity index (χ0) is 19.9. The Kier molecular flexibility index (Phi) is 4.74. The molecule has 0 radical (unpaired) electrons. The van der Waals surface area contributed by atoms with Crippen molar-refractivity contribution < 1.29 is 18.0 Å². The largest absolute Gasteiger partial charge is 0.416 e. The van der Waals surface area contributed by atoms with Crippen molar-refractivity contribution in [1.82, 2.24) is 14.5 Å². The number of hydrogen-bond acceptors (Lipinski definition) is 2. The quantitative estimate of drug-likeness (QED) is 0.576. The molecule has 1 aliphatic heterocycles. The van der Waals surface area contributed by atoms with Crippen LogP contribution in [-0.2, 0) is 24.1 Å². The Labute approximate surface area is 167 Å².